The van der Waals surface area contributed by atoms with Crippen LogP contribution in [0.1, 0.15) is 0 Å². The molecule has 31 heavy (non-hydrogen) atoms. The molecule has 0 heterocycles. The van der Waals surface area contributed by atoms with Crippen LogP contribution in [-0.2, 0) is 14.8 Å². The van der Waals surface area contributed by atoms with E-state index in [1.165, 1.54) is 43.5 Å². The molecule has 0 fully saturated rings. The zero-order valence-electron chi connectivity index (χ0n) is 16.1. The second-order valence-electron chi connectivity index (χ2n) is 6.18. The molecule has 10 heteroatoms. The first-order valence-corrected chi connectivity index (χ1v) is 11.8. The van der Waals surface area contributed by atoms with Gasteiger partial charge in [-0.3, -0.25) is 4.79 Å². The number of hydrogen-bond donors (Lipinski definition) is 0. The van der Waals surface area contributed by atoms with Crippen molar-refractivity contribution in [1.29, 1.82) is 0 Å². The number of sulfonamides is 1. The zero-order chi connectivity index (χ0) is 22.6. The lowest BCUT2D eigenvalue weighted by molar-refractivity contribution is -0.119. The average molecular weight is 545 g/mol. The topological polar surface area (TPSA) is 72.9 Å². The minimum absolute atomic E-state index is 0.0891. The molecule has 0 aliphatic rings. The van der Waals surface area contributed by atoms with Crippen LogP contribution in [0.25, 0.3) is 0 Å². The van der Waals surface area contributed by atoms with Crippen LogP contribution in [0.15, 0.2) is 76.1 Å². The summed E-state index contributed by atoms with van der Waals surface area (Å²) < 4.78 is 38.5. The van der Waals surface area contributed by atoms with Gasteiger partial charge < -0.3 is 9.47 Å². The Labute approximate surface area is 198 Å². The smallest absolute Gasteiger partial charge is 0.278 e. The summed E-state index contributed by atoms with van der Waals surface area (Å²) in [6.45, 7) is -0.529. The number of carbonyl (C=O) groups is 1. The van der Waals surface area contributed by atoms with Crippen molar-refractivity contribution in [2.24, 2.45) is 0 Å². The normalized spacial score (nSPS) is 11.1. The lowest BCUT2D eigenvalue weighted by Gasteiger charge is -2.23. The lowest BCUT2D eigenvalue weighted by Crippen LogP contribution is -2.40. The van der Waals surface area contributed by atoms with Gasteiger partial charge in [-0.05, 0) is 82.7 Å². The summed E-state index contributed by atoms with van der Waals surface area (Å²) in [5.74, 6) is 0.0691. The Bertz CT molecular complexity index is 1190. The molecule has 0 N–H and O–H groups in total. The minimum atomic E-state index is -4.24. The van der Waals surface area contributed by atoms with E-state index in [-0.39, 0.29) is 10.6 Å². The van der Waals surface area contributed by atoms with Crippen LogP contribution in [-0.4, -0.2) is 28.0 Å². The maximum Gasteiger partial charge on any atom is 0.278 e. The molecule has 0 saturated heterocycles. The first-order valence-electron chi connectivity index (χ1n) is 8.78. The van der Waals surface area contributed by atoms with Crippen molar-refractivity contribution in [3.63, 3.8) is 0 Å². The van der Waals surface area contributed by atoms with Crippen LogP contribution >= 0.6 is 39.1 Å². The van der Waals surface area contributed by atoms with E-state index in [9.17, 15) is 13.2 Å². The Morgan fingerprint density at radius 1 is 0.968 bits per heavy atom. The SMILES string of the molecule is COc1ccc(N(C(=O)COc2ccc(Cl)cc2Br)S(=O)(=O)c2ccc(Cl)cc2)cc1. The van der Waals surface area contributed by atoms with Gasteiger partial charge in [-0.15, -0.1) is 0 Å². The maximum atomic E-state index is 13.3. The fraction of sp³-hybridized carbons (Fsp3) is 0.0952. The van der Waals surface area contributed by atoms with Crippen molar-refractivity contribution in [3.05, 3.63) is 81.2 Å². The first kappa shape index (κ1) is 23.4. The summed E-state index contributed by atoms with van der Waals surface area (Å²) in [4.78, 5) is 13.0. The monoisotopic (exact) mass is 543 g/mol. The molecule has 0 aromatic heterocycles. The van der Waals surface area contributed by atoms with Crippen molar-refractivity contribution in [3.8, 4) is 11.5 Å². The molecule has 0 aliphatic carbocycles. The Balaban J connectivity index is 1.96. The molecule has 0 unspecified atom stereocenters. The molecule has 0 spiro atoms. The van der Waals surface area contributed by atoms with Crippen molar-refractivity contribution in [1.82, 2.24) is 0 Å². The van der Waals surface area contributed by atoms with Crippen molar-refractivity contribution in [2.75, 3.05) is 18.0 Å². The van der Waals surface area contributed by atoms with Gasteiger partial charge in [0.15, 0.2) is 6.61 Å². The number of rotatable bonds is 7. The fourth-order valence-corrected chi connectivity index (χ4v) is 4.97. The van der Waals surface area contributed by atoms with E-state index in [1.807, 2.05) is 0 Å². The summed E-state index contributed by atoms with van der Waals surface area (Å²) in [7, 11) is -2.75. The van der Waals surface area contributed by atoms with Crippen molar-refractivity contribution < 1.29 is 22.7 Å². The van der Waals surface area contributed by atoms with Crippen LogP contribution in [0.4, 0.5) is 5.69 Å². The molecule has 1 amide bonds. The highest BCUT2D eigenvalue weighted by Crippen LogP contribution is 2.30. The second-order valence-corrected chi connectivity index (χ2v) is 9.69. The third-order valence-electron chi connectivity index (χ3n) is 4.13. The number of anilines is 1. The summed E-state index contributed by atoms with van der Waals surface area (Å²) in [6.07, 6.45) is 0. The van der Waals surface area contributed by atoms with Crippen LogP contribution in [0.5, 0.6) is 11.5 Å². The van der Waals surface area contributed by atoms with Gasteiger partial charge in [-0.25, -0.2) is 8.42 Å². The fourth-order valence-electron chi connectivity index (χ4n) is 2.64. The highest BCUT2D eigenvalue weighted by atomic mass is 79.9. The predicted molar refractivity (Wildman–Crippen MR) is 124 cm³/mol. The van der Waals surface area contributed by atoms with E-state index in [4.69, 9.17) is 32.7 Å². The number of halogens is 3. The largest absolute Gasteiger partial charge is 0.497 e. The number of amides is 1. The van der Waals surface area contributed by atoms with Gasteiger partial charge in [-0.1, -0.05) is 23.2 Å². The number of ether oxygens (including phenoxy) is 2. The molecule has 0 radical (unpaired) electrons. The molecule has 6 nitrogen and oxygen atoms in total. The molecular weight excluding hydrogens is 529 g/mol. The van der Waals surface area contributed by atoms with Crippen LogP contribution < -0.4 is 13.8 Å². The molecule has 0 atom stereocenters. The highest BCUT2D eigenvalue weighted by Gasteiger charge is 2.31. The summed E-state index contributed by atoms with van der Waals surface area (Å²) in [5.41, 5.74) is 0.138. The quantitative estimate of drug-likeness (QED) is 0.389. The lowest BCUT2D eigenvalue weighted by atomic mass is 10.3. The third-order valence-corrected chi connectivity index (χ3v) is 7.00. The highest BCUT2D eigenvalue weighted by molar-refractivity contribution is 9.10. The van der Waals surface area contributed by atoms with Crippen molar-refractivity contribution in [2.45, 2.75) is 4.90 Å². The Kier molecular flexibility index (Phi) is 7.48. The minimum Gasteiger partial charge on any atom is -0.497 e. The summed E-state index contributed by atoms with van der Waals surface area (Å²) in [5, 5.41) is 0.855. The maximum absolute atomic E-state index is 13.3. The standard InChI is InChI=1S/C21H16BrCl2NO5S/c1-29-17-7-5-16(6-8-17)25(31(27,28)18-9-2-14(23)3-10-18)21(26)13-30-20-11-4-15(24)12-19(20)22/h2-12H,13H2,1H3. The van der Waals surface area contributed by atoms with E-state index in [0.717, 1.165) is 0 Å². The third kappa shape index (κ3) is 5.51. The van der Waals surface area contributed by atoms with Crippen LogP contribution in [0, 0.1) is 0 Å². The Morgan fingerprint density at radius 2 is 1.58 bits per heavy atom. The molecule has 0 saturated carbocycles. The second kappa shape index (κ2) is 9.91. The number of benzene rings is 3. The van der Waals surface area contributed by atoms with E-state index in [1.54, 1.807) is 30.3 Å². The summed E-state index contributed by atoms with van der Waals surface area (Å²) in [6, 6.07) is 16.4. The van der Waals surface area contributed by atoms with E-state index < -0.39 is 22.5 Å². The molecule has 0 aliphatic heterocycles. The molecule has 3 rings (SSSR count). The van der Waals surface area contributed by atoms with E-state index in [2.05, 4.69) is 15.9 Å². The molecule has 3 aromatic rings. The van der Waals surface area contributed by atoms with Gasteiger partial charge in [0, 0.05) is 10.0 Å². The van der Waals surface area contributed by atoms with Crippen LogP contribution in [0.3, 0.4) is 0 Å². The molecular formula is C21H16BrCl2NO5S. The molecule has 0 bridgehead atoms. The number of nitrogens with zero attached hydrogens (tertiary/aromatic N) is 1. The van der Waals surface area contributed by atoms with Gasteiger partial charge >= 0.3 is 0 Å². The number of hydrogen-bond acceptors (Lipinski definition) is 5. The Hall–Kier alpha value is -2.26. The average Bonchev–Trinajstić information content (AvgIpc) is 2.74. The summed E-state index contributed by atoms with van der Waals surface area (Å²) >= 11 is 15.1. The Morgan fingerprint density at radius 3 is 2.16 bits per heavy atom. The first-order chi connectivity index (χ1) is 14.7. The van der Waals surface area contributed by atoms with Gasteiger partial charge in [0.25, 0.3) is 15.9 Å². The van der Waals surface area contributed by atoms with Gasteiger partial charge in [0.05, 0.1) is 22.2 Å². The van der Waals surface area contributed by atoms with E-state index in [0.29, 0.717) is 30.3 Å². The van der Waals surface area contributed by atoms with E-state index >= 15 is 0 Å². The van der Waals surface area contributed by atoms with Gasteiger partial charge in [-0.2, -0.15) is 4.31 Å². The van der Waals surface area contributed by atoms with Crippen LogP contribution in [0.2, 0.25) is 10.0 Å². The predicted octanol–water partition coefficient (Wildman–Crippen LogP) is 5.57. The molecule has 3 aromatic carbocycles. The number of methoxy groups -OCH3 is 1. The zero-order valence-corrected chi connectivity index (χ0v) is 20.0. The van der Waals surface area contributed by atoms with Crippen molar-refractivity contribution >= 4 is 60.7 Å². The van der Waals surface area contributed by atoms with Gasteiger partial charge in [0.1, 0.15) is 11.5 Å². The number of carbonyl (C=O) groups excluding carboxylic acids is 1. The van der Waals surface area contributed by atoms with Gasteiger partial charge in [0.2, 0.25) is 0 Å². The molecule has 162 valence electrons.